The van der Waals surface area contributed by atoms with Crippen molar-refractivity contribution in [2.24, 2.45) is 23.5 Å². The fourth-order valence-corrected chi connectivity index (χ4v) is 4.77. The van der Waals surface area contributed by atoms with E-state index in [1.165, 1.54) is 0 Å². The first kappa shape index (κ1) is 31.1. The summed E-state index contributed by atoms with van der Waals surface area (Å²) < 4.78 is 10.6. The van der Waals surface area contributed by atoms with Crippen LogP contribution in [-0.4, -0.2) is 40.6 Å². The Balaban J connectivity index is 1.91. The third-order valence-corrected chi connectivity index (χ3v) is 7.02. The second kappa shape index (κ2) is 15.3. The monoisotopic (exact) mass is 525 g/mol. The molecule has 2 rings (SSSR count). The van der Waals surface area contributed by atoms with Crippen LogP contribution in [0.1, 0.15) is 64.5 Å². The van der Waals surface area contributed by atoms with Crippen molar-refractivity contribution in [2.75, 3.05) is 0 Å². The van der Waals surface area contributed by atoms with Crippen molar-refractivity contribution in [3.05, 3.63) is 71.9 Å². The molecule has 38 heavy (non-hydrogen) atoms. The fraction of sp³-hybridized carbons (Fsp3) is 0.484. The maximum Gasteiger partial charge on any atom is 0.404 e. The molecule has 0 aliphatic carbocycles. The minimum absolute atomic E-state index is 0.0825. The van der Waals surface area contributed by atoms with E-state index in [0.717, 1.165) is 16.7 Å². The molecule has 1 aromatic rings. The van der Waals surface area contributed by atoms with Crippen molar-refractivity contribution in [3.63, 3.8) is 0 Å². The summed E-state index contributed by atoms with van der Waals surface area (Å²) in [6.45, 7) is 11.4. The summed E-state index contributed by atoms with van der Waals surface area (Å²) in [6.07, 6.45) is 11.1. The average Bonchev–Trinajstić information content (AvgIpc) is 2.86. The van der Waals surface area contributed by atoms with Gasteiger partial charge in [0.2, 0.25) is 0 Å². The van der Waals surface area contributed by atoms with Gasteiger partial charge in [0.15, 0.2) is 0 Å². The van der Waals surface area contributed by atoms with Crippen molar-refractivity contribution in [2.45, 2.75) is 78.1 Å². The van der Waals surface area contributed by atoms with E-state index in [1.54, 1.807) is 12.2 Å². The first-order chi connectivity index (χ1) is 18.0. The molecule has 6 atom stereocenters. The van der Waals surface area contributed by atoms with Gasteiger partial charge in [-0.15, -0.1) is 0 Å². The van der Waals surface area contributed by atoms with Gasteiger partial charge in [-0.25, -0.2) is 4.79 Å². The van der Waals surface area contributed by atoms with E-state index >= 15 is 0 Å². The molecule has 0 saturated heterocycles. The van der Waals surface area contributed by atoms with Crippen molar-refractivity contribution in [3.8, 4) is 5.75 Å². The zero-order valence-corrected chi connectivity index (χ0v) is 23.0. The Kier molecular flexibility index (Phi) is 12.5. The highest BCUT2D eigenvalue weighted by Gasteiger charge is 2.30. The number of allylic oxidation sites excluding steroid dienone is 3. The molecule has 1 aromatic carbocycles. The number of fused-ring (bicyclic) bond motifs is 1. The van der Waals surface area contributed by atoms with Crippen molar-refractivity contribution < 1.29 is 29.3 Å². The van der Waals surface area contributed by atoms with E-state index in [2.05, 4.69) is 6.58 Å². The molecule has 208 valence electrons. The van der Waals surface area contributed by atoms with Crippen LogP contribution in [0.25, 0.3) is 6.08 Å². The van der Waals surface area contributed by atoms with Crippen LogP contribution in [0.15, 0.2) is 60.7 Å². The van der Waals surface area contributed by atoms with Gasteiger partial charge in [0.1, 0.15) is 11.9 Å². The molecule has 0 spiro atoms. The van der Waals surface area contributed by atoms with E-state index in [9.17, 15) is 19.8 Å². The zero-order chi connectivity index (χ0) is 28.2. The molecule has 1 amide bonds. The molecule has 1 aliphatic heterocycles. The van der Waals surface area contributed by atoms with Crippen LogP contribution in [0, 0.1) is 17.8 Å². The summed E-state index contributed by atoms with van der Waals surface area (Å²) in [7, 11) is 0. The molecule has 1 heterocycles. The van der Waals surface area contributed by atoms with Gasteiger partial charge in [-0.2, -0.15) is 0 Å². The van der Waals surface area contributed by atoms with Crippen molar-refractivity contribution >= 4 is 18.1 Å². The molecule has 6 unspecified atom stereocenters. The van der Waals surface area contributed by atoms with E-state index < -0.39 is 24.4 Å². The number of aliphatic hydroxyl groups excluding tert-OH is 2. The Morgan fingerprint density at radius 2 is 1.92 bits per heavy atom. The molecule has 0 aromatic heterocycles. The van der Waals surface area contributed by atoms with Gasteiger partial charge >= 0.3 is 12.1 Å². The Morgan fingerprint density at radius 3 is 2.61 bits per heavy atom. The summed E-state index contributed by atoms with van der Waals surface area (Å²) in [5, 5.41) is 21.6. The number of aryl methyl sites for hydroxylation is 1. The van der Waals surface area contributed by atoms with Gasteiger partial charge in [-0.05, 0) is 49.3 Å². The standard InChI is InChI=1S/C31H43NO6/c1-6-7-8-12-27(38-31(32)36)23(5)30(35)22(4)18-20(2)17-21(3)26(33)11-9-10-24-13-14-25-15-16-29(34)37-28(25)19-24/h6-10,13-14,17,19,21-23,26-27,30,33,35H,1,11-12,15-16,18H2,2-5H3,(H2,32,36)/b8-7-,10-9-,20-17-. The van der Waals surface area contributed by atoms with Gasteiger partial charge in [-0.3, -0.25) is 4.79 Å². The SMILES string of the molecule is C=C/C=C\CC(OC(N)=O)C(C)C(O)C(C)C/C(C)=C\C(C)C(O)C/C=C\c1ccc2c(c1)OC(=O)CC2. The Bertz CT molecular complexity index is 1040. The summed E-state index contributed by atoms with van der Waals surface area (Å²) >= 11 is 0. The topological polar surface area (TPSA) is 119 Å². The Morgan fingerprint density at radius 1 is 1.18 bits per heavy atom. The lowest BCUT2D eigenvalue weighted by Gasteiger charge is -2.30. The second-order valence-corrected chi connectivity index (χ2v) is 10.3. The molecule has 1 aliphatic rings. The molecule has 0 radical (unpaired) electrons. The maximum absolute atomic E-state index is 11.5. The number of hydrogen-bond acceptors (Lipinski definition) is 6. The first-order valence-electron chi connectivity index (χ1n) is 13.3. The molecular formula is C31H43NO6. The first-order valence-corrected chi connectivity index (χ1v) is 13.3. The zero-order valence-electron chi connectivity index (χ0n) is 23.0. The summed E-state index contributed by atoms with van der Waals surface area (Å²) in [5.41, 5.74) is 8.25. The molecule has 0 saturated carbocycles. The van der Waals surface area contributed by atoms with E-state index in [1.807, 2.05) is 70.2 Å². The number of amides is 1. The predicted octanol–water partition coefficient (Wildman–Crippen LogP) is 5.50. The van der Waals surface area contributed by atoms with Crippen LogP contribution in [0.4, 0.5) is 4.79 Å². The van der Waals surface area contributed by atoms with Crippen LogP contribution < -0.4 is 10.5 Å². The van der Waals surface area contributed by atoms with Gasteiger partial charge in [0.05, 0.1) is 18.6 Å². The number of carbonyl (C=O) groups is 2. The number of primary amides is 1. The average molecular weight is 526 g/mol. The lowest BCUT2D eigenvalue weighted by molar-refractivity contribution is -0.135. The van der Waals surface area contributed by atoms with Crippen molar-refractivity contribution in [1.29, 1.82) is 0 Å². The van der Waals surface area contributed by atoms with Gasteiger partial charge in [0.25, 0.3) is 0 Å². The van der Waals surface area contributed by atoms with E-state index in [-0.39, 0.29) is 23.7 Å². The smallest absolute Gasteiger partial charge is 0.404 e. The summed E-state index contributed by atoms with van der Waals surface area (Å²) in [5.74, 6) is -0.0880. The lowest BCUT2D eigenvalue weighted by atomic mass is 9.84. The molecule has 7 nitrogen and oxygen atoms in total. The van der Waals surface area contributed by atoms with Crippen LogP contribution in [0.3, 0.4) is 0 Å². The van der Waals surface area contributed by atoms with Gasteiger partial charge in [0, 0.05) is 18.3 Å². The highest BCUT2D eigenvalue weighted by atomic mass is 16.6. The lowest BCUT2D eigenvalue weighted by Crippen LogP contribution is -2.37. The molecular weight excluding hydrogens is 482 g/mol. The van der Waals surface area contributed by atoms with Gasteiger partial charge in [-0.1, -0.05) is 81.5 Å². The summed E-state index contributed by atoms with van der Waals surface area (Å²) in [4.78, 5) is 22.9. The maximum atomic E-state index is 11.5. The molecule has 7 heteroatoms. The number of rotatable bonds is 14. The number of benzene rings is 1. The number of ether oxygens (including phenoxy) is 2. The largest absolute Gasteiger partial charge is 0.446 e. The van der Waals surface area contributed by atoms with Crippen LogP contribution in [0.5, 0.6) is 5.75 Å². The number of hydrogen-bond donors (Lipinski definition) is 3. The second-order valence-electron chi connectivity index (χ2n) is 10.3. The van der Waals surface area contributed by atoms with E-state index in [4.69, 9.17) is 15.2 Å². The third kappa shape index (κ3) is 9.95. The summed E-state index contributed by atoms with van der Waals surface area (Å²) in [6, 6.07) is 5.81. The minimum Gasteiger partial charge on any atom is -0.446 e. The fourth-order valence-electron chi connectivity index (χ4n) is 4.77. The molecule has 0 fully saturated rings. The Hall–Kier alpha value is -3.16. The van der Waals surface area contributed by atoms with Crippen molar-refractivity contribution in [1.82, 2.24) is 0 Å². The number of aliphatic hydroxyl groups is 2. The number of esters is 1. The van der Waals surface area contributed by atoms with Gasteiger partial charge < -0.3 is 25.4 Å². The molecule has 4 N–H and O–H groups in total. The minimum atomic E-state index is -0.864. The molecule has 0 bridgehead atoms. The van der Waals surface area contributed by atoms with E-state index in [0.29, 0.717) is 37.9 Å². The predicted molar refractivity (Wildman–Crippen MR) is 150 cm³/mol. The highest BCUT2D eigenvalue weighted by Crippen LogP contribution is 2.28. The number of nitrogens with two attached hydrogens (primary N) is 1. The van der Waals surface area contributed by atoms with Crippen LogP contribution in [0.2, 0.25) is 0 Å². The van der Waals surface area contributed by atoms with Crippen LogP contribution >= 0.6 is 0 Å². The normalized spacial score (nSPS) is 18.8. The third-order valence-electron chi connectivity index (χ3n) is 7.02. The quantitative estimate of drug-likeness (QED) is 0.128. The Labute approximate surface area is 226 Å². The highest BCUT2D eigenvalue weighted by molar-refractivity contribution is 5.75. The van der Waals surface area contributed by atoms with Crippen LogP contribution in [-0.2, 0) is 16.0 Å². The number of carbonyl (C=O) groups excluding carboxylic acids is 2.